The Bertz CT molecular complexity index is 4400. The van der Waals surface area contributed by atoms with E-state index in [0.717, 1.165) is 79.6 Å². The summed E-state index contributed by atoms with van der Waals surface area (Å²) in [6, 6.07) is 63.2. The summed E-state index contributed by atoms with van der Waals surface area (Å²) in [4.78, 5) is 2.62. The Balaban J connectivity index is 1.12. The molecule has 6 heteroatoms. The Labute approximate surface area is 431 Å². The highest BCUT2D eigenvalue weighted by Crippen LogP contribution is 2.57. The van der Waals surface area contributed by atoms with Crippen LogP contribution in [0.25, 0.3) is 82.5 Å². The molecule has 0 radical (unpaired) electrons. The van der Waals surface area contributed by atoms with E-state index in [9.17, 15) is 0 Å². The van der Waals surface area contributed by atoms with E-state index in [4.69, 9.17) is 13.6 Å². The highest BCUT2D eigenvalue weighted by molar-refractivity contribution is 6.94. The van der Waals surface area contributed by atoms with Gasteiger partial charge in [0.05, 0.1) is 17.0 Å². The molecule has 3 aromatic heterocycles. The number of furan rings is 2. The van der Waals surface area contributed by atoms with E-state index in [1.807, 2.05) is 0 Å². The molecule has 1 aliphatic carbocycles. The summed E-state index contributed by atoms with van der Waals surface area (Å²) < 4.78 is 24.4. The largest absolute Gasteiger partial charge is 0.484 e. The zero-order valence-corrected chi connectivity index (χ0v) is 42.9. The van der Waals surface area contributed by atoms with Crippen molar-refractivity contribution in [1.82, 2.24) is 4.57 Å². The highest BCUT2D eigenvalue weighted by atomic mass is 16.5. The van der Waals surface area contributed by atoms with Gasteiger partial charge in [-0.2, -0.15) is 0 Å². The maximum Gasteiger partial charge on any atom is 0.333 e. The van der Waals surface area contributed by atoms with Crippen LogP contribution in [0.5, 0.6) is 5.75 Å². The first kappa shape index (κ1) is 42.5. The molecule has 0 saturated heterocycles. The molecule has 0 spiro atoms. The smallest absolute Gasteiger partial charge is 0.333 e. The number of nitrogens with zero attached hydrogens (tertiary/aromatic N) is 2. The van der Waals surface area contributed by atoms with Crippen LogP contribution < -0.4 is 20.5 Å². The third-order valence-corrected chi connectivity index (χ3v) is 18.0. The molecule has 358 valence electrons. The van der Waals surface area contributed by atoms with E-state index in [1.165, 1.54) is 77.2 Å². The Hall–Kier alpha value is -7.96. The van der Waals surface area contributed by atoms with E-state index in [1.54, 1.807) is 0 Å². The molecule has 0 amide bonds. The van der Waals surface area contributed by atoms with Gasteiger partial charge in [-0.25, -0.2) is 0 Å². The lowest BCUT2D eigenvalue weighted by molar-refractivity contribution is 0.222. The van der Waals surface area contributed by atoms with Crippen LogP contribution in [0.2, 0.25) is 0 Å². The minimum Gasteiger partial charge on any atom is -0.484 e. The molecule has 0 bridgehead atoms. The van der Waals surface area contributed by atoms with Crippen LogP contribution in [-0.2, 0) is 16.2 Å². The lowest BCUT2D eigenvalue weighted by atomic mass is 9.43. The molecule has 74 heavy (non-hydrogen) atoms. The van der Waals surface area contributed by atoms with Crippen LogP contribution in [0.1, 0.15) is 107 Å². The van der Waals surface area contributed by atoms with Gasteiger partial charge in [0, 0.05) is 72.1 Å². The number of anilines is 2. The molecule has 0 N–H and O–H groups in total. The minimum absolute atomic E-state index is 0.00108. The second kappa shape index (κ2) is 14.4. The summed E-state index contributed by atoms with van der Waals surface area (Å²) >= 11 is 0. The number of benzene rings is 9. The van der Waals surface area contributed by atoms with Crippen molar-refractivity contribution in [3.63, 3.8) is 0 Å². The molecule has 2 unspecified atom stereocenters. The zero-order valence-electron chi connectivity index (χ0n) is 42.9. The quantitative estimate of drug-likeness (QED) is 0.166. The van der Waals surface area contributed by atoms with Crippen LogP contribution >= 0.6 is 0 Å². The fourth-order valence-corrected chi connectivity index (χ4v) is 14.1. The summed E-state index contributed by atoms with van der Waals surface area (Å²) in [5.74, 6) is 0.895. The number of rotatable bonds is 3. The molecule has 5 nitrogen and oxygen atoms in total. The van der Waals surface area contributed by atoms with Crippen molar-refractivity contribution in [2.24, 2.45) is 0 Å². The van der Waals surface area contributed by atoms with Gasteiger partial charge in [0.2, 0.25) is 0 Å². The third kappa shape index (κ3) is 5.61. The van der Waals surface area contributed by atoms with Crippen LogP contribution in [0, 0.1) is 0 Å². The van der Waals surface area contributed by atoms with Crippen LogP contribution in [0.15, 0.2) is 179 Å². The molecule has 6 heterocycles. The van der Waals surface area contributed by atoms with Gasteiger partial charge < -0.3 is 22.9 Å². The Morgan fingerprint density at radius 1 is 0.568 bits per heavy atom. The molecule has 4 aliphatic rings. The second-order valence-corrected chi connectivity index (χ2v) is 24.2. The van der Waals surface area contributed by atoms with Crippen molar-refractivity contribution in [2.45, 2.75) is 89.6 Å². The molecule has 9 aromatic carbocycles. The summed E-state index contributed by atoms with van der Waals surface area (Å²) in [7, 11) is 0. The highest BCUT2D eigenvalue weighted by Gasteiger charge is 2.49. The molecule has 16 rings (SSSR count). The third-order valence-electron chi connectivity index (χ3n) is 18.0. The number of ether oxygens (including phenoxy) is 1. The van der Waals surface area contributed by atoms with E-state index in [2.05, 4.69) is 228 Å². The first-order chi connectivity index (χ1) is 35.8. The molecule has 0 fully saturated rings. The maximum atomic E-state index is 7.43. The first-order valence-corrected chi connectivity index (χ1v) is 26.6. The number of hydrogen-bond acceptors (Lipinski definition) is 4. The standard InChI is InChI=1S/C68H55BN2O3/c1-66(2,3)40-26-28-41(29-27-40)71-52-37-57-44(42-22-14-16-24-54(42)72-57)32-45(52)61-62-63-59(60-43-23-15-17-25-55(43)73-65(60)61)46-33-48-49(68(6,7)31-30-67(48,4)5)35-51(46)70(63)53-34-47-56(36-50(53)69(62)71)74-64(39-20-12-9-13-21-39)58(47)38-18-10-8-11-19-38/h8-29,32-37,58,64H,30-31H2,1-7H3. The van der Waals surface area contributed by atoms with Crippen molar-refractivity contribution in [1.29, 1.82) is 0 Å². The van der Waals surface area contributed by atoms with E-state index < -0.39 is 0 Å². The number of hydrogen-bond donors (Lipinski definition) is 0. The number of para-hydroxylation sites is 2. The van der Waals surface area contributed by atoms with Gasteiger partial charge >= 0.3 is 6.85 Å². The van der Waals surface area contributed by atoms with Crippen LogP contribution in [-0.4, -0.2) is 11.4 Å². The van der Waals surface area contributed by atoms with Crippen molar-refractivity contribution in [2.75, 3.05) is 4.81 Å². The molecule has 12 aromatic rings. The predicted molar refractivity (Wildman–Crippen MR) is 306 cm³/mol. The average molecular weight is 959 g/mol. The normalized spacial score (nSPS) is 18.1. The Morgan fingerprint density at radius 3 is 1.93 bits per heavy atom. The topological polar surface area (TPSA) is 43.7 Å². The number of fused-ring (bicyclic) bond motifs is 18. The average Bonchev–Trinajstić information content (AvgIpc) is 4.21. The molecular weight excluding hydrogens is 904 g/mol. The van der Waals surface area contributed by atoms with E-state index in [0.29, 0.717) is 0 Å². The van der Waals surface area contributed by atoms with Gasteiger partial charge in [0.25, 0.3) is 0 Å². The minimum atomic E-state index is -0.283. The van der Waals surface area contributed by atoms with Gasteiger partial charge in [0.15, 0.2) is 0 Å². The van der Waals surface area contributed by atoms with E-state index in [-0.39, 0.29) is 35.1 Å². The summed E-state index contributed by atoms with van der Waals surface area (Å²) in [6.45, 7) is 16.4. The Morgan fingerprint density at radius 2 is 1.22 bits per heavy atom. The lowest BCUT2D eigenvalue weighted by Crippen LogP contribution is -2.60. The summed E-state index contributed by atoms with van der Waals surface area (Å²) in [5, 5.41) is 7.05. The molecule has 0 saturated carbocycles. The zero-order chi connectivity index (χ0) is 49.7. The SMILES string of the molecule is CC(C)(C)c1ccc(N2B3c4cc5c(cc4-n4c6cc7c(cc6c6c8c(oc9ccccc98)c(c3c64)-c3cc4c(cc32)oc2ccccc24)C(C)(C)CCC7(C)C)C(c2ccccc2)C(c2ccccc2)O5)cc1. The number of aromatic nitrogens is 1. The van der Waals surface area contributed by atoms with Gasteiger partial charge in [-0.3, -0.25) is 0 Å². The summed E-state index contributed by atoms with van der Waals surface area (Å²) in [6.07, 6.45) is 2.05. The van der Waals surface area contributed by atoms with Crippen molar-refractivity contribution in [3.05, 3.63) is 203 Å². The van der Waals surface area contributed by atoms with Crippen LogP contribution in [0.4, 0.5) is 11.4 Å². The summed E-state index contributed by atoms with van der Waals surface area (Å²) in [5.41, 5.74) is 21.9. The maximum absolute atomic E-state index is 7.43. The molecule has 2 atom stereocenters. The monoisotopic (exact) mass is 958 g/mol. The van der Waals surface area contributed by atoms with Crippen LogP contribution in [0.3, 0.4) is 0 Å². The van der Waals surface area contributed by atoms with Crippen molar-refractivity contribution in [3.8, 4) is 22.6 Å². The molecular formula is C68H55BN2O3. The first-order valence-electron chi connectivity index (χ1n) is 26.6. The van der Waals surface area contributed by atoms with Gasteiger partial charge in [-0.15, -0.1) is 0 Å². The lowest BCUT2D eigenvalue weighted by Gasteiger charge is -2.42. The van der Waals surface area contributed by atoms with E-state index >= 15 is 0 Å². The van der Waals surface area contributed by atoms with Gasteiger partial charge in [-0.1, -0.05) is 158 Å². The fourth-order valence-electron chi connectivity index (χ4n) is 14.1. The van der Waals surface area contributed by atoms with Crippen molar-refractivity contribution < 1.29 is 13.6 Å². The van der Waals surface area contributed by atoms with Gasteiger partial charge in [0.1, 0.15) is 34.2 Å². The van der Waals surface area contributed by atoms with Gasteiger partial charge in [-0.05, 0) is 122 Å². The van der Waals surface area contributed by atoms with Crippen molar-refractivity contribution >= 4 is 94.8 Å². The second-order valence-electron chi connectivity index (χ2n) is 24.2. The predicted octanol–water partition coefficient (Wildman–Crippen LogP) is 16.7. The fraction of sp³-hybridized carbons (Fsp3) is 0.206. The molecule has 3 aliphatic heterocycles. The Kier molecular flexibility index (Phi) is 8.29.